The third kappa shape index (κ3) is 2.56. The first-order chi connectivity index (χ1) is 10.1. The molecule has 1 aromatic heterocycles. The van der Waals surface area contributed by atoms with Crippen LogP contribution in [-0.4, -0.2) is 35.6 Å². The van der Waals surface area contributed by atoms with Crippen molar-refractivity contribution in [2.24, 2.45) is 5.92 Å². The van der Waals surface area contributed by atoms with Gasteiger partial charge >= 0.3 is 0 Å². The number of carbonyl (C=O) groups is 1. The van der Waals surface area contributed by atoms with Crippen LogP contribution in [0.15, 0.2) is 18.2 Å². The Morgan fingerprint density at radius 3 is 2.76 bits per heavy atom. The van der Waals surface area contributed by atoms with Gasteiger partial charge in [-0.3, -0.25) is 4.79 Å². The molecule has 21 heavy (non-hydrogen) atoms. The highest BCUT2D eigenvalue weighted by Gasteiger charge is 2.26. The van der Waals surface area contributed by atoms with Crippen LogP contribution < -0.4 is 0 Å². The van der Waals surface area contributed by atoms with Crippen LogP contribution in [0.2, 0.25) is 0 Å². The van der Waals surface area contributed by atoms with Crippen LogP contribution in [0.25, 0.3) is 10.1 Å². The molecule has 3 rings (SSSR count). The largest absolute Gasteiger partial charge is 0.396 e. The molecule has 0 spiro atoms. The lowest BCUT2D eigenvalue weighted by Gasteiger charge is -2.31. The molecule has 3 nitrogen and oxygen atoms in total. The molecule has 112 valence electrons. The van der Waals surface area contributed by atoms with Gasteiger partial charge in [0.15, 0.2) is 0 Å². The minimum Gasteiger partial charge on any atom is -0.396 e. The molecule has 0 aliphatic carbocycles. The Balaban J connectivity index is 1.89. The summed E-state index contributed by atoms with van der Waals surface area (Å²) in [5.74, 6) is 0.0266. The summed E-state index contributed by atoms with van der Waals surface area (Å²) in [7, 11) is 0. The number of likely N-dealkylation sites (tertiary alicyclic amines) is 1. The molecule has 1 aromatic carbocycles. The number of hydrogen-bond donors (Lipinski definition) is 1. The Hall–Kier alpha value is -1.46. The van der Waals surface area contributed by atoms with Gasteiger partial charge in [0.05, 0.1) is 4.88 Å². The third-order valence-corrected chi connectivity index (χ3v) is 5.50. The maximum absolute atomic E-state index is 13.9. The van der Waals surface area contributed by atoms with E-state index in [1.807, 2.05) is 17.9 Å². The summed E-state index contributed by atoms with van der Waals surface area (Å²) in [6.45, 7) is 3.34. The van der Waals surface area contributed by atoms with Crippen LogP contribution in [0.5, 0.6) is 0 Å². The maximum atomic E-state index is 13.9. The topological polar surface area (TPSA) is 40.5 Å². The average molecular weight is 307 g/mol. The van der Waals surface area contributed by atoms with Crippen molar-refractivity contribution < 1.29 is 14.3 Å². The molecule has 0 atom stereocenters. The lowest BCUT2D eigenvalue weighted by molar-refractivity contribution is 0.0655. The third-order valence-electron chi connectivity index (χ3n) is 4.26. The number of aryl methyl sites for hydroxylation is 1. The molecule has 0 radical (unpaired) electrons. The van der Waals surface area contributed by atoms with Crippen LogP contribution in [-0.2, 0) is 0 Å². The summed E-state index contributed by atoms with van der Waals surface area (Å²) in [5, 5.41) is 9.73. The predicted octanol–water partition coefficient (Wildman–Crippen LogP) is 3.19. The van der Waals surface area contributed by atoms with E-state index in [9.17, 15) is 9.18 Å². The van der Waals surface area contributed by atoms with Gasteiger partial charge in [0, 0.05) is 29.8 Å². The minimum atomic E-state index is -0.265. The van der Waals surface area contributed by atoms with E-state index in [4.69, 9.17) is 5.11 Å². The van der Waals surface area contributed by atoms with Crippen molar-refractivity contribution in [1.29, 1.82) is 0 Å². The smallest absolute Gasteiger partial charge is 0.264 e. The first-order valence-corrected chi connectivity index (χ1v) is 8.01. The average Bonchev–Trinajstić information content (AvgIpc) is 2.85. The van der Waals surface area contributed by atoms with E-state index in [2.05, 4.69) is 0 Å². The van der Waals surface area contributed by atoms with E-state index in [-0.39, 0.29) is 18.3 Å². The number of fused-ring (bicyclic) bond motifs is 1. The molecule has 2 aromatic rings. The van der Waals surface area contributed by atoms with Gasteiger partial charge in [0.2, 0.25) is 0 Å². The summed E-state index contributed by atoms with van der Waals surface area (Å²) < 4.78 is 14.7. The number of piperidine rings is 1. The van der Waals surface area contributed by atoms with Crippen molar-refractivity contribution in [3.8, 4) is 0 Å². The summed E-state index contributed by atoms with van der Waals surface area (Å²) in [6.07, 6.45) is 1.67. The second kappa shape index (κ2) is 5.73. The van der Waals surface area contributed by atoms with Gasteiger partial charge in [-0.1, -0.05) is 6.07 Å². The van der Waals surface area contributed by atoms with Crippen LogP contribution in [0, 0.1) is 18.7 Å². The molecule has 5 heteroatoms. The fourth-order valence-electron chi connectivity index (χ4n) is 2.92. The normalized spacial score (nSPS) is 16.6. The zero-order chi connectivity index (χ0) is 15.0. The Kier molecular flexibility index (Phi) is 3.95. The monoisotopic (exact) mass is 307 g/mol. The number of carbonyl (C=O) groups excluding carboxylic acids is 1. The Morgan fingerprint density at radius 1 is 1.43 bits per heavy atom. The van der Waals surface area contributed by atoms with Crippen LogP contribution in [0.1, 0.15) is 28.1 Å². The van der Waals surface area contributed by atoms with Gasteiger partial charge in [0.25, 0.3) is 5.91 Å². The Labute approximate surface area is 127 Å². The summed E-state index contributed by atoms with van der Waals surface area (Å²) >= 11 is 1.37. The van der Waals surface area contributed by atoms with E-state index in [1.165, 1.54) is 17.4 Å². The van der Waals surface area contributed by atoms with E-state index >= 15 is 0 Å². The molecule has 1 N–H and O–H groups in total. The number of nitrogens with zero attached hydrogens (tertiary/aromatic N) is 1. The quantitative estimate of drug-likeness (QED) is 0.925. The van der Waals surface area contributed by atoms with Gasteiger partial charge in [0.1, 0.15) is 5.82 Å². The fraction of sp³-hybridized carbons (Fsp3) is 0.438. The highest BCUT2D eigenvalue weighted by molar-refractivity contribution is 7.21. The predicted molar refractivity (Wildman–Crippen MR) is 82.2 cm³/mol. The number of benzene rings is 1. The first kappa shape index (κ1) is 14.5. The number of rotatable bonds is 2. The molecule has 1 aliphatic heterocycles. The molecule has 0 bridgehead atoms. The second-order valence-electron chi connectivity index (χ2n) is 5.59. The van der Waals surface area contributed by atoms with Gasteiger partial charge in [-0.15, -0.1) is 11.3 Å². The van der Waals surface area contributed by atoms with Crippen molar-refractivity contribution in [3.05, 3.63) is 34.5 Å². The first-order valence-electron chi connectivity index (χ1n) is 7.19. The number of aliphatic hydroxyl groups excluding tert-OH is 1. The molecule has 0 saturated carbocycles. The molecular weight excluding hydrogens is 289 g/mol. The van der Waals surface area contributed by atoms with Crippen LogP contribution >= 0.6 is 11.3 Å². The van der Waals surface area contributed by atoms with Gasteiger partial charge in [-0.25, -0.2) is 4.39 Å². The van der Waals surface area contributed by atoms with Crippen LogP contribution in [0.3, 0.4) is 0 Å². The second-order valence-corrected chi connectivity index (χ2v) is 6.64. The number of halogens is 1. The Morgan fingerprint density at radius 2 is 2.14 bits per heavy atom. The molecular formula is C16H18FNO2S. The molecule has 1 amide bonds. The fourth-order valence-corrected chi connectivity index (χ4v) is 4.11. The van der Waals surface area contributed by atoms with Gasteiger partial charge < -0.3 is 10.0 Å². The number of amides is 1. The Bertz CT molecular complexity index is 674. The molecule has 1 aliphatic rings. The molecule has 2 heterocycles. The molecule has 0 unspecified atom stereocenters. The van der Waals surface area contributed by atoms with Crippen molar-refractivity contribution in [1.82, 2.24) is 4.90 Å². The van der Waals surface area contributed by atoms with E-state index < -0.39 is 0 Å². The lowest BCUT2D eigenvalue weighted by atomic mass is 9.97. The zero-order valence-corrected chi connectivity index (χ0v) is 12.8. The number of thiophene rings is 1. The maximum Gasteiger partial charge on any atom is 0.264 e. The van der Waals surface area contributed by atoms with Crippen molar-refractivity contribution >= 4 is 27.3 Å². The molecule has 1 saturated heterocycles. The minimum absolute atomic E-state index is 0.00973. The SMILES string of the molecule is Cc1c(C(=O)N2CCC(CO)CC2)sc2cccc(F)c12. The zero-order valence-electron chi connectivity index (χ0n) is 11.9. The van der Waals surface area contributed by atoms with E-state index in [0.29, 0.717) is 29.3 Å². The van der Waals surface area contributed by atoms with Crippen molar-refractivity contribution in [2.75, 3.05) is 19.7 Å². The van der Waals surface area contributed by atoms with E-state index in [0.717, 1.165) is 23.1 Å². The molecule has 1 fully saturated rings. The van der Waals surface area contributed by atoms with Gasteiger partial charge in [-0.2, -0.15) is 0 Å². The summed E-state index contributed by atoms with van der Waals surface area (Å²) in [5.41, 5.74) is 0.738. The standard InChI is InChI=1S/C16H18FNO2S/c1-10-14-12(17)3-2-4-13(14)21-15(10)16(20)18-7-5-11(9-19)6-8-18/h2-4,11,19H,5-9H2,1H3. The lowest BCUT2D eigenvalue weighted by Crippen LogP contribution is -2.39. The number of aliphatic hydroxyl groups is 1. The van der Waals surface area contributed by atoms with Crippen molar-refractivity contribution in [2.45, 2.75) is 19.8 Å². The summed E-state index contributed by atoms with van der Waals surface area (Å²) in [4.78, 5) is 15.1. The van der Waals surface area contributed by atoms with Gasteiger partial charge in [-0.05, 0) is 43.4 Å². The van der Waals surface area contributed by atoms with Crippen LogP contribution in [0.4, 0.5) is 4.39 Å². The highest BCUT2D eigenvalue weighted by Crippen LogP contribution is 2.34. The van der Waals surface area contributed by atoms with E-state index in [1.54, 1.807) is 6.07 Å². The number of hydrogen-bond acceptors (Lipinski definition) is 3. The van der Waals surface area contributed by atoms with Crippen molar-refractivity contribution in [3.63, 3.8) is 0 Å². The summed E-state index contributed by atoms with van der Waals surface area (Å²) in [6, 6.07) is 4.96. The highest BCUT2D eigenvalue weighted by atomic mass is 32.1.